The molecular weight excluding hydrogens is 276 g/mol. The number of nitrogens with one attached hydrogen (secondary N) is 1. The van der Waals surface area contributed by atoms with Crippen molar-refractivity contribution in [2.45, 2.75) is 13.0 Å². The molecule has 0 saturated carbocycles. The number of carbonyl (C=O) groups is 1. The highest BCUT2D eigenvalue weighted by Crippen LogP contribution is 2.20. The van der Waals surface area contributed by atoms with Crippen LogP contribution < -0.4 is 10.1 Å². The van der Waals surface area contributed by atoms with Crippen molar-refractivity contribution in [1.82, 2.24) is 4.90 Å². The Morgan fingerprint density at radius 2 is 1.95 bits per heavy atom. The lowest BCUT2D eigenvalue weighted by molar-refractivity contribution is -0.130. The van der Waals surface area contributed by atoms with Crippen LogP contribution in [0.15, 0.2) is 48.5 Å². The second kappa shape index (κ2) is 6.52. The van der Waals surface area contributed by atoms with Gasteiger partial charge in [-0.05, 0) is 29.3 Å². The molecule has 114 valence electrons. The zero-order chi connectivity index (χ0) is 15.4. The lowest BCUT2D eigenvalue weighted by Gasteiger charge is -2.20. The number of nitrogens with zero attached hydrogens (tertiary/aromatic N) is 1. The van der Waals surface area contributed by atoms with Crippen LogP contribution in [0.4, 0.5) is 5.69 Å². The number of hydrogen-bond donors (Lipinski definition) is 1. The molecule has 0 saturated heterocycles. The van der Waals surface area contributed by atoms with Gasteiger partial charge in [0.15, 0.2) is 0 Å². The second-order valence-corrected chi connectivity index (χ2v) is 5.42. The Hall–Kier alpha value is -2.49. The maximum absolute atomic E-state index is 12.6. The molecule has 4 heteroatoms. The molecule has 22 heavy (non-hydrogen) atoms. The Labute approximate surface area is 130 Å². The van der Waals surface area contributed by atoms with Crippen LogP contribution in [0.3, 0.4) is 0 Å². The fourth-order valence-corrected chi connectivity index (χ4v) is 2.68. The van der Waals surface area contributed by atoms with Gasteiger partial charge in [0.1, 0.15) is 5.75 Å². The summed E-state index contributed by atoms with van der Waals surface area (Å²) in [7, 11) is 1.64. The molecule has 0 atom stereocenters. The molecule has 0 radical (unpaired) electrons. The fourth-order valence-electron chi connectivity index (χ4n) is 2.68. The van der Waals surface area contributed by atoms with Gasteiger partial charge in [-0.15, -0.1) is 0 Å². The molecule has 4 nitrogen and oxygen atoms in total. The molecule has 2 aromatic carbocycles. The van der Waals surface area contributed by atoms with E-state index in [1.807, 2.05) is 41.3 Å². The fraction of sp³-hybridized carbons (Fsp3) is 0.278. The lowest BCUT2D eigenvalue weighted by Crippen LogP contribution is -2.33. The number of anilines is 1. The summed E-state index contributed by atoms with van der Waals surface area (Å²) in [4.78, 5) is 14.5. The first kappa shape index (κ1) is 14.4. The summed E-state index contributed by atoms with van der Waals surface area (Å²) in [5, 5.41) is 3.38. The van der Waals surface area contributed by atoms with Crippen LogP contribution >= 0.6 is 0 Å². The monoisotopic (exact) mass is 296 g/mol. The molecule has 1 amide bonds. The van der Waals surface area contributed by atoms with Gasteiger partial charge in [0.25, 0.3) is 0 Å². The Balaban J connectivity index is 1.69. The topological polar surface area (TPSA) is 41.6 Å². The third-order valence-electron chi connectivity index (χ3n) is 3.94. The number of para-hydroxylation sites is 1. The number of ether oxygens (including phenoxy) is 1. The predicted molar refractivity (Wildman–Crippen MR) is 87.0 cm³/mol. The summed E-state index contributed by atoms with van der Waals surface area (Å²) >= 11 is 0. The number of rotatable bonds is 3. The van der Waals surface area contributed by atoms with Crippen LogP contribution in [-0.4, -0.2) is 31.0 Å². The van der Waals surface area contributed by atoms with Gasteiger partial charge in [0.05, 0.1) is 13.5 Å². The third-order valence-corrected chi connectivity index (χ3v) is 3.94. The van der Waals surface area contributed by atoms with E-state index in [0.717, 1.165) is 30.1 Å². The van der Waals surface area contributed by atoms with E-state index >= 15 is 0 Å². The summed E-state index contributed by atoms with van der Waals surface area (Å²) in [6, 6.07) is 15.8. The van der Waals surface area contributed by atoms with Crippen LogP contribution in [-0.2, 0) is 17.8 Å². The van der Waals surface area contributed by atoms with Crippen molar-refractivity contribution >= 4 is 11.6 Å². The summed E-state index contributed by atoms with van der Waals surface area (Å²) in [5.41, 5.74) is 3.31. The number of hydrogen-bond acceptors (Lipinski definition) is 3. The number of benzene rings is 2. The Kier molecular flexibility index (Phi) is 4.28. The standard InChI is InChI=1S/C18H20N2O2/c1-22-16-8-6-14(7-9-16)12-18(21)20-11-10-19-17-5-3-2-4-15(17)13-20/h2-9,19H,10-13H2,1H3. The molecule has 0 aliphatic carbocycles. The zero-order valence-corrected chi connectivity index (χ0v) is 12.7. The normalized spacial score (nSPS) is 13.8. The Bertz CT molecular complexity index is 652. The average Bonchev–Trinajstić information content (AvgIpc) is 2.78. The Morgan fingerprint density at radius 3 is 2.73 bits per heavy atom. The molecule has 1 aliphatic heterocycles. The van der Waals surface area contributed by atoms with Gasteiger partial charge < -0.3 is 15.0 Å². The zero-order valence-electron chi connectivity index (χ0n) is 12.7. The van der Waals surface area contributed by atoms with Crippen LogP contribution in [0.25, 0.3) is 0 Å². The first-order chi connectivity index (χ1) is 10.8. The first-order valence-corrected chi connectivity index (χ1v) is 7.49. The van der Waals surface area contributed by atoms with E-state index in [9.17, 15) is 4.79 Å². The summed E-state index contributed by atoms with van der Waals surface area (Å²) in [6.45, 7) is 2.17. The molecule has 0 spiro atoms. The molecule has 1 N–H and O–H groups in total. The van der Waals surface area contributed by atoms with Gasteiger partial charge in [-0.25, -0.2) is 0 Å². The maximum Gasteiger partial charge on any atom is 0.227 e. The van der Waals surface area contributed by atoms with Crippen molar-refractivity contribution in [1.29, 1.82) is 0 Å². The van der Waals surface area contributed by atoms with Gasteiger partial charge in [0, 0.05) is 25.3 Å². The highest BCUT2D eigenvalue weighted by atomic mass is 16.5. The minimum Gasteiger partial charge on any atom is -0.497 e. The van der Waals surface area contributed by atoms with Crippen LogP contribution in [0, 0.1) is 0 Å². The molecule has 1 heterocycles. The van der Waals surface area contributed by atoms with Crippen LogP contribution in [0.2, 0.25) is 0 Å². The van der Waals surface area contributed by atoms with E-state index in [1.165, 1.54) is 5.56 Å². The lowest BCUT2D eigenvalue weighted by atomic mass is 10.1. The molecule has 0 aromatic heterocycles. The van der Waals surface area contributed by atoms with Crippen molar-refractivity contribution in [2.75, 3.05) is 25.5 Å². The number of fused-ring (bicyclic) bond motifs is 1. The van der Waals surface area contributed by atoms with Crippen molar-refractivity contribution in [3.8, 4) is 5.75 Å². The molecule has 2 aromatic rings. The van der Waals surface area contributed by atoms with Crippen LogP contribution in [0.1, 0.15) is 11.1 Å². The van der Waals surface area contributed by atoms with E-state index in [0.29, 0.717) is 13.0 Å². The minimum absolute atomic E-state index is 0.156. The molecule has 3 rings (SSSR count). The van der Waals surface area contributed by atoms with E-state index in [2.05, 4.69) is 17.4 Å². The predicted octanol–water partition coefficient (Wildman–Crippen LogP) is 2.69. The molecular formula is C18H20N2O2. The summed E-state index contributed by atoms with van der Waals surface area (Å²) in [5.74, 6) is 0.966. The van der Waals surface area contributed by atoms with Gasteiger partial charge in [0.2, 0.25) is 5.91 Å². The highest BCUT2D eigenvalue weighted by Gasteiger charge is 2.18. The van der Waals surface area contributed by atoms with E-state index < -0.39 is 0 Å². The Morgan fingerprint density at radius 1 is 1.18 bits per heavy atom. The van der Waals surface area contributed by atoms with Gasteiger partial charge in [-0.3, -0.25) is 4.79 Å². The smallest absolute Gasteiger partial charge is 0.227 e. The number of carbonyl (C=O) groups excluding carboxylic acids is 1. The molecule has 1 aliphatic rings. The summed E-state index contributed by atoms with van der Waals surface area (Å²) in [6.07, 6.45) is 0.423. The van der Waals surface area contributed by atoms with Crippen molar-refractivity contribution < 1.29 is 9.53 Å². The highest BCUT2D eigenvalue weighted by molar-refractivity contribution is 5.79. The van der Waals surface area contributed by atoms with Crippen molar-refractivity contribution in [3.05, 3.63) is 59.7 Å². The molecule has 0 unspecified atom stereocenters. The first-order valence-electron chi connectivity index (χ1n) is 7.49. The van der Waals surface area contributed by atoms with E-state index in [-0.39, 0.29) is 5.91 Å². The third kappa shape index (κ3) is 3.22. The largest absolute Gasteiger partial charge is 0.497 e. The SMILES string of the molecule is COc1ccc(CC(=O)N2CCNc3ccccc3C2)cc1. The number of amides is 1. The van der Waals surface area contributed by atoms with E-state index in [1.54, 1.807) is 7.11 Å². The minimum atomic E-state index is 0.156. The number of methoxy groups -OCH3 is 1. The van der Waals surface area contributed by atoms with E-state index in [4.69, 9.17) is 4.74 Å². The van der Waals surface area contributed by atoms with Crippen molar-refractivity contribution in [2.24, 2.45) is 0 Å². The van der Waals surface area contributed by atoms with Crippen LogP contribution in [0.5, 0.6) is 5.75 Å². The second-order valence-electron chi connectivity index (χ2n) is 5.42. The van der Waals surface area contributed by atoms with Gasteiger partial charge in [-0.1, -0.05) is 30.3 Å². The molecule has 0 fully saturated rings. The van der Waals surface area contributed by atoms with Gasteiger partial charge >= 0.3 is 0 Å². The quantitative estimate of drug-likeness (QED) is 0.947. The van der Waals surface area contributed by atoms with Gasteiger partial charge in [-0.2, -0.15) is 0 Å². The summed E-state index contributed by atoms with van der Waals surface area (Å²) < 4.78 is 5.14. The van der Waals surface area contributed by atoms with Crippen molar-refractivity contribution in [3.63, 3.8) is 0 Å². The maximum atomic E-state index is 12.6. The average molecular weight is 296 g/mol. The molecule has 0 bridgehead atoms.